The number of hydrogen-bond donors (Lipinski definition) is 1. The highest BCUT2D eigenvalue weighted by Crippen LogP contribution is 2.21. The quantitative estimate of drug-likeness (QED) is 0.857. The summed E-state index contributed by atoms with van der Waals surface area (Å²) >= 11 is 0. The van der Waals surface area contributed by atoms with Crippen molar-refractivity contribution in [1.29, 1.82) is 0 Å². The Labute approximate surface area is 130 Å². The topological polar surface area (TPSA) is 85.5 Å². The molecule has 1 aromatic heterocycles. The molecule has 1 aliphatic rings. The Hall–Kier alpha value is -1.51. The first kappa shape index (κ1) is 18.5. The van der Waals surface area contributed by atoms with Gasteiger partial charge in [-0.1, -0.05) is 13.8 Å². The molecule has 8 heteroatoms. The molecule has 0 bridgehead atoms. The van der Waals surface area contributed by atoms with E-state index in [0.717, 1.165) is 6.42 Å². The van der Waals surface area contributed by atoms with Gasteiger partial charge in [-0.05, 0) is 12.5 Å². The first-order valence-electron chi connectivity index (χ1n) is 7.15. The lowest BCUT2D eigenvalue weighted by Gasteiger charge is -2.29. The van der Waals surface area contributed by atoms with E-state index in [0.29, 0.717) is 25.0 Å². The standard InChI is InChI=1S/C12H16FN3O3S.C2H6/c13-6-10(7-14)9-19-12-3-2-11(8-15-12)20(17,18)16-4-1-5-16;1-2/h2-3,6,8H,1,4-5,7,9,14H2;1-2H3/b10-6+;. The van der Waals surface area contributed by atoms with Gasteiger partial charge in [-0.3, -0.25) is 0 Å². The Bertz CT molecular complexity index is 584. The first-order valence-corrected chi connectivity index (χ1v) is 8.59. The number of sulfonamides is 1. The van der Waals surface area contributed by atoms with Gasteiger partial charge in [-0.2, -0.15) is 4.31 Å². The number of hydrogen-bond acceptors (Lipinski definition) is 5. The SMILES string of the molecule is CC.NC/C(=C\F)COc1ccc(S(=O)(=O)N2CCC2)cn1. The summed E-state index contributed by atoms with van der Waals surface area (Å²) < 4.78 is 43.0. The minimum Gasteiger partial charge on any atom is -0.473 e. The van der Waals surface area contributed by atoms with Gasteiger partial charge in [0, 0.05) is 31.3 Å². The molecule has 1 saturated heterocycles. The fraction of sp³-hybridized carbons (Fsp3) is 0.500. The van der Waals surface area contributed by atoms with Gasteiger partial charge in [0.15, 0.2) is 0 Å². The molecule has 0 radical (unpaired) electrons. The van der Waals surface area contributed by atoms with Gasteiger partial charge >= 0.3 is 0 Å². The van der Waals surface area contributed by atoms with E-state index >= 15 is 0 Å². The summed E-state index contributed by atoms with van der Waals surface area (Å²) in [6.07, 6.45) is 2.51. The molecule has 2 heterocycles. The molecule has 22 heavy (non-hydrogen) atoms. The predicted octanol–water partition coefficient (Wildman–Crippen LogP) is 1.69. The van der Waals surface area contributed by atoms with Gasteiger partial charge in [0.2, 0.25) is 15.9 Å². The molecule has 0 saturated carbocycles. The molecule has 0 spiro atoms. The maximum Gasteiger partial charge on any atom is 0.244 e. The number of rotatable bonds is 6. The third-order valence-corrected chi connectivity index (χ3v) is 4.87. The minimum atomic E-state index is -3.44. The molecule has 0 aromatic carbocycles. The van der Waals surface area contributed by atoms with E-state index in [4.69, 9.17) is 10.5 Å². The van der Waals surface area contributed by atoms with Crippen LogP contribution in [0.15, 0.2) is 35.1 Å². The summed E-state index contributed by atoms with van der Waals surface area (Å²) in [4.78, 5) is 4.04. The molecule has 0 atom stereocenters. The first-order chi connectivity index (χ1) is 10.6. The Morgan fingerprint density at radius 2 is 2.14 bits per heavy atom. The van der Waals surface area contributed by atoms with Crippen molar-refractivity contribution in [2.24, 2.45) is 5.73 Å². The molecule has 124 valence electrons. The Kier molecular flexibility index (Phi) is 7.43. The van der Waals surface area contributed by atoms with Crippen LogP contribution in [0.3, 0.4) is 0 Å². The van der Waals surface area contributed by atoms with Gasteiger partial charge in [0.25, 0.3) is 0 Å². The zero-order chi connectivity index (χ0) is 16.6. The molecule has 0 amide bonds. The van der Waals surface area contributed by atoms with E-state index in [1.807, 2.05) is 13.8 Å². The van der Waals surface area contributed by atoms with Crippen molar-refractivity contribution >= 4 is 10.0 Å². The fourth-order valence-electron chi connectivity index (χ4n) is 1.58. The third-order valence-electron chi connectivity index (χ3n) is 2.98. The Balaban J connectivity index is 0.00000116. The number of nitrogens with two attached hydrogens (primary N) is 1. The Morgan fingerprint density at radius 1 is 1.45 bits per heavy atom. The summed E-state index contributed by atoms with van der Waals surface area (Å²) in [5.41, 5.74) is 5.59. The van der Waals surface area contributed by atoms with E-state index in [-0.39, 0.29) is 23.9 Å². The summed E-state index contributed by atoms with van der Waals surface area (Å²) in [5.74, 6) is 0.223. The van der Waals surface area contributed by atoms with Crippen molar-refractivity contribution < 1.29 is 17.5 Å². The largest absolute Gasteiger partial charge is 0.473 e. The van der Waals surface area contributed by atoms with E-state index in [2.05, 4.69) is 4.98 Å². The van der Waals surface area contributed by atoms with Gasteiger partial charge < -0.3 is 10.5 Å². The van der Waals surface area contributed by atoms with Crippen LogP contribution in [0.1, 0.15) is 20.3 Å². The smallest absolute Gasteiger partial charge is 0.244 e. The van der Waals surface area contributed by atoms with Gasteiger partial charge in [-0.25, -0.2) is 17.8 Å². The van der Waals surface area contributed by atoms with Crippen LogP contribution >= 0.6 is 0 Å². The van der Waals surface area contributed by atoms with Gasteiger partial charge in [0.05, 0.1) is 12.5 Å². The molecule has 1 fully saturated rings. The van der Waals surface area contributed by atoms with E-state index in [9.17, 15) is 12.8 Å². The molecule has 0 unspecified atom stereocenters. The van der Waals surface area contributed by atoms with Crippen molar-refractivity contribution in [3.63, 3.8) is 0 Å². The normalized spacial score (nSPS) is 15.5. The fourth-order valence-corrected chi connectivity index (χ4v) is 3.05. The summed E-state index contributed by atoms with van der Waals surface area (Å²) in [5, 5.41) is 0. The maximum atomic E-state index is 12.3. The van der Waals surface area contributed by atoms with E-state index in [1.54, 1.807) is 0 Å². The molecular formula is C14H22FN3O3S. The van der Waals surface area contributed by atoms with Crippen molar-refractivity contribution in [1.82, 2.24) is 9.29 Å². The molecule has 0 aliphatic carbocycles. The second kappa shape index (κ2) is 8.82. The van der Waals surface area contributed by atoms with Crippen LogP contribution in [-0.2, 0) is 10.0 Å². The van der Waals surface area contributed by atoms with Crippen molar-refractivity contribution in [3.8, 4) is 5.88 Å². The van der Waals surface area contributed by atoms with Crippen LogP contribution in [0.5, 0.6) is 5.88 Å². The molecule has 1 aromatic rings. The zero-order valence-corrected chi connectivity index (χ0v) is 13.6. The van der Waals surface area contributed by atoms with Crippen LogP contribution in [-0.4, -0.2) is 43.9 Å². The second-order valence-electron chi connectivity index (χ2n) is 4.35. The predicted molar refractivity (Wildman–Crippen MR) is 82.7 cm³/mol. The summed E-state index contributed by atoms with van der Waals surface area (Å²) in [6.45, 7) is 5.12. The lowest BCUT2D eigenvalue weighted by Crippen LogP contribution is -2.41. The minimum absolute atomic E-state index is 0.0157. The van der Waals surface area contributed by atoms with Crippen LogP contribution < -0.4 is 10.5 Å². The van der Waals surface area contributed by atoms with Gasteiger partial charge in [0.1, 0.15) is 11.5 Å². The van der Waals surface area contributed by atoms with Crippen molar-refractivity contribution in [2.45, 2.75) is 25.2 Å². The number of ether oxygens (including phenoxy) is 1. The van der Waals surface area contributed by atoms with Crippen molar-refractivity contribution in [2.75, 3.05) is 26.2 Å². The monoisotopic (exact) mass is 331 g/mol. The van der Waals surface area contributed by atoms with Crippen LogP contribution in [0.2, 0.25) is 0 Å². The average Bonchev–Trinajstić information content (AvgIpc) is 2.48. The molecular weight excluding hydrogens is 309 g/mol. The van der Waals surface area contributed by atoms with Crippen molar-refractivity contribution in [3.05, 3.63) is 30.2 Å². The Morgan fingerprint density at radius 3 is 2.55 bits per heavy atom. The zero-order valence-electron chi connectivity index (χ0n) is 12.8. The lowest BCUT2D eigenvalue weighted by molar-refractivity contribution is 0.309. The number of aromatic nitrogens is 1. The highest BCUT2D eigenvalue weighted by Gasteiger charge is 2.29. The average molecular weight is 331 g/mol. The lowest BCUT2D eigenvalue weighted by atomic mass is 10.3. The molecule has 2 N–H and O–H groups in total. The summed E-state index contributed by atoms with van der Waals surface area (Å²) in [7, 11) is -3.44. The third kappa shape index (κ3) is 4.49. The highest BCUT2D eigenvalue weighted by molar-refractivity contribution is 7.89. The molecule has 1 aliphatic heterocycles. The van der Waals surface area contributed by atoms with Crippen LogP contribution in [0.25, 0.3) is 0 Å². The maximum absolute atomic E-state index is 12.3. The second-order valence-corrected chi connectivity index (χ2v) is 6.29. The molecule has 6 nitrogen and oxygen atoms in total. The van der Waals surface area contributed by atoms with Crippen LogP contribution in [0, 0.1) is 0 Å². The summed E-state index contributed by atoms with van der Waals surface area (Å²) in [6, 6.07) is 2.87. The van der Waals surface area contributed by atoms with Crippen LogP contribution in [0.4, 0.5) is 4.39 Å². The highest BCUT2D eigenvalue weighted by atomic mass is 32.2. The number of nitrogens with zero attached hydrogens (tertiary/aromatic N) is 2. The molecule has 2 rings (SSSR count). The number of halogens is 1. The van der Waals surface area contributed by atoms with E-state index in [1.165, 1.54) is 22.6 Å². The number of pyridine rings is 1. The van der Waals surface area contributed by atoms with E-state index < -0.39 is 10.0 Å². The van der Waals surface area contributed by atoms with Gasteiger partial charge in [-0.15, -0.1) is 0 Å².